The van der Waals surface area contributed by atoms with E-state index in [2.05, 4.69) is 0 Å². The van der Waals surface area contributed by atoms with Gasteiger partial charge in [0.25, 0.3) is 0 Å². The zero-order valence-electron chi connectivity index (χ0n) is 4.87. The maximum atomic E-state index is 9.94. The average molecular weight is 117 g/mol. The van der Waals surface area contributed by atoms with Crippen LogP contribution in [0.4, 0.5) is 0 Å². The zero-order chi connectivity index (χ0) is 6.57. The van der Waals surface area contributed by atoms with Crippen molar-refractivity contribution in [2.75, 3.05) is 0 Å². The van der Waals surface area contributed by atoms with Crippen LogP contribution in [-0.2, 0) is 4.79 Å². The second-order valence-corrected chi connectivity index (χ2v) is 1.70. The number of rotatable bonds is 3. The summed E-state index contributed by atoms with van der Waals surface area (Å²) < 4.78 is 0. The second-order valence-electron chi connectivity index (χ2n) is 1.70. The smallest absolute Gasteiger partial charge is 0.127 e. The Balaban J connectivity index is 3.51. The van der Waals surface area contributed by atoms with Crippen LogP contribution in [0.1, 0.15) is 13.3 Å². The van der Waals surface area contributed by atoms with E-state index in [-0.39, 0.29) is 0 Å². The van der Waals surface area contributed by atoms with Gasteiger partial charge in [-0.3, -0.25) is 0 Å². The Morgan fingerprint density at radius 2 is 2.38 bits per heavy atom. The molecular formula is C5H11NO2. The van der Waals surface area contributed by atoms with Crippen LogP contribution in [0.5, 0.6) is 0 Å². The number of carbonyl (C=O) groups is 1. The van der Waals surface area contributed by atoms with Crippen molar-refractivity contribution in [3.05, 3.63) is 0 Å². The van der Waals surface area contributed by atoms with Gasteiger partial charge in [0.05, 0.1) is 5.92 Å². The summed E-state index contributed by atoms with van der Waals surface area (Å²) in [6.07, 6.45) is 0.281. The van der Waals surface area contributed by atoms with E-state index in [1.54, 1.807) is 6.92 Å². The van der Waals surface area contributed by atoms with E-state index < -0.39 is 12.1 Å². The van der Waals surface area contributed by atoms with Crippen LogP contribution in [-0.4, -0.2) is 17.6 Å². The van der Waals surface area contributed by atoms with Crippen molar-refractivity contribution in [2.24, 2.45) is 11.7 Å². The summed E-state index contributed by atoms with van der Waals surface area (Å²) >= 11 is 0. The van der Waals surface area contributed by atoms with Crippen molar-refractivity contribution < 1.29 is 9.90 Å². The molecule has 0 aromatic heterocycles. The monoisotopic (exact) mass is 117 g/mol. The molecule has 0 aliphatic rings. The summed E-state index contributed by atoms with van der Waals surface area (Å²) in [6, 6.07) is 0. The van der Waals surface area contributed by atoms with Crippen molar-refractivity contribution in [2.45, 2.75) is 19.6 Å². The summed E-state index contributed by atoms with van der Waals surface area (Å²) in [5.41, 5.74) is 4.98. The molecule has 0 bridgehead atoms. The first-order valence-corrected chi connectivity index (χ1v) is 2.61. The topological polar surface area (TPSA) is 63.3 Å². The van der Waals surface area contributed by atoms with Gasteiger partial charge in [-0.25, -0.2) is 0 Å². The van der Waals surface area contributed by atoms with Gasteiger partial charge in [-0.15, -0.1) is 0 Å². The molecule has 0 amide bonds. The van der Waals surface area contributed by atoms with Gasteiger partial charge in [0, 0.05) is 0 Å². The van der Waals surface area contributed by atoms with Crippen LogP contribution in [0.25, 0.3) is 0 Å². The molecule has 0 aliphatic carbocycles. The molecule has 0 saturated carbocycles. The minimum absolute atomic E-state index is 0.394. The lowest BCUT2D eigenvalue weighted by Crippen LogP contribution is -2.29. The third-order valence-electron chi connectivity index (χ3n) is 1.08. The van der Waals surface area contributed by atoms with E-state index in [0.29, 0.717) is 12.7 Å². The second kappa shape index (κ2) is 3.57. The highest BCUT2D eigenvalue weighted by atomic mass is 16.3. The fourth-order valence-corrected chi connectivity index (χ4v) is 0.418. The van der Waals surface area contributed by atoms with Crippen molar-refractivity contribution in [1.29, 1.82) is 0 Å². The van der Waals surface area contributed by atoms with Gasteiger partial charge in [0.1, 0.15) is 12.5 Å². The van der Waals surface area contributed by atoms with Crippen LogP contribution in [0.3, 0.4) is 0 Å². The minimum Gasteiger partial charge on any atom is -0.378 e. The molecule has 0 aromatic carbocycles. The predicted molar refractivity (Wildman–Crippen MR) is 30.0 cm³/mol. The number of hydrogen-bond acceptors (Lipinski definition) is 3. The Kier molecular flexibility index (Phi) is 3.39. The lowest BCUT2D eigenvalue weighted by molar-refractivity contribution is -0.114. The lowest BCUT2D eigenvalue weighted by atomic mass is 10.1. The highest BCUT2D eigenvalue weighted by Crippen LogP contribution is 1.98. The van der Waals surface area contributed by atoms with E-state index in [1.807, 2.05) is 0 Å². The summed E-state index contributed by atoms with van der Waals surface area (Å²) in [5, 5.41) is 8.56. The summed E-state index contributed by atoms with van der Waals surface area (Å²) in [4.78, 5) is 9.94. The molecule has 0 spiro atoms. The number of nitrogens with two attached hydrogens (primary N) is 1. The SMILES string of the molecule is CCC(C=O)C(N)O. The first-order chi connectivity index (χ1) is 3.72. The largest absolute Gasteiger partial charge is 0.378 e. The summed E-state index contributed by atoms with van der Waals surface area (Å²) in [7, 11) is 0. The molecule has 0 radical (unpaired) electrons. The van der Waals surface area contributed by atoms with Crippen LogP contribution in [0.15, 0.2) is 0 Å². The Bertz CT molecular complexity index is 72.8. The van der Waals surface area contributed by atoms with Gasteiger partial charge < -0.3 is 15.6 Å². The molecule has 3 nitrogen and oxygen atoms in total. The van der Waals surface area contributed by atoms with Gasteiger partial charge in [-0.2, -0.15) is 0 Å². The quantitative estimate of drug-likeness (QED) is 0.386. The fraction of sp³-hybridized carbons (Fsp3) is 0.800. The molecule has 0 aliphatic heterocycles. The Morgan fingerprint density at radius 3 is 2.38 bits per heavy atom. The van der Waals surface area contributed by atoms with Crippen molar-refractivity contribution in [3.8, 4) is 0 Å². The molecule has 2 atom stereocenters. The highest BCUT2D eigenvalue weighted by molar-refractivity contribution is 5.53. The molecule has 0 rings (SSSR count). The van der Waals surface area contributed by atoms with Gasteiger partial charge >= 0.3 is 0 Å². The van der Waals surface area contributed by atoms with Crippen LogP contribution in [0.2, 0.25) is 0 Å². The van der Waals surface area contributed by atoms with E-state index >= 15 is 0 Å². The number of aliphatic hydroxyl groups excluding tert-OH is 1. The Morgan fingerprint density at radius 1 is 1.88 bits per heavy atom. The molecule has 0 heterocycles. The van der Waals surface area contributed by atoms with Crippen LogP contribution < -0.4 is 5.73 Å². The maximum absolute atomic E-state index is 9.94. The molecular weight excluding hydrogens is 106 g/mol. The normalized spacial score (nSPS) is 17.4. The molecule has 48 valence electrons. The molecule has 0 fully saturated rings. The average Bonchev–Trinajstić information content (AvgIpc) is 1.69. The predicted octanol–water partition coefficient (Wildman–Crippen LogP) is -0.511. The van der Waals surface area contributed by atoms with Gasteiger partial charge in [-0.1, -0.05) is 6.92 Å². The first-order valence-electron chi connectivity index (χ1n) is 2.61. The van der Waals surface area contributed by atoms with E-state index in [4.69, 9.17) is 10.8 Å². The van der Waals surface area contributed by atoms with Gasteiger partial charge in [0.15, 0.2) is 0 Å². The third kappa shape index (κ3) is 2.04. The fourth-order valence-electron chi connectivity index (χ4n) is 0.418. The Labute approximate surface area is 48.5 Å². The number of carbonyl (C=O) groups excluding carboxylic acids is 1. The Hall–Kier alpha value is -0.410. The molecule has 8 heavy (non-hydrogen) atoms. The highest BCUT2D eigenvalue weighted by Gasteiger charge is 2.09. The summed E-state index contributed by atoms with van der Waals surface area (Å²) in [5.74, 6) is -0.394. The summed E-state index contributed by atoms with van der Waals surface area (Å²) in [6.45, 7) is 1.80. The first kappa shape index (κ1) is 7.59. The third-order valence-corrected chi connectivity index (χ3v) is 1.08. The molecule has 2 unspecified atom stereocenters. The molecule has 3 N–H and O–H groups in total. The number of aliphatic hydroxyl groups is 1. The van der Waals surface area contributed by atoms with E-state index in [0.717, 1.165) is 0 Å². The van der Waals surface area contributed by atoms with E-state index in [1.165, 1.54) is 0 Å². The van der Waals surface area contributed by atoms with Gasteiger partial charge in [0.2, 0.25) is 0 Å². The molecule has 0 aromatic rings. The molecule has 0 saturated heterocycles. The van der Waals surface area contributed by atoms with Crippen molar-refractivity contribution >= 4 is 6.29 Å². The van der Waals surface area contributed by atoms with Gasteiger partial charge in [-0.05, 0) is 6.42 Å². The lowest BCUT2D eigenvalue weighted by Gasteiger charge is -2.08. The van der Waals surface area contributed by atoms with Crippen molar-refractivity contribution in [1.82, 2.24) is 0 Å². The number of aldehydes is 1. The van der Waals surface area contributed by atoms with Crippen molar-refractivity contribution in [3.63, 3.8) is 0 Å². The van der Waals surface area contributed by atoms with Crippen LogP contribution >= 0.6 is 0 Å². The van der Waals surface area contributed by atoms with E-state index in [9.17, 15) is 4.79 Å². The maximum Gasteiger partial charge on any atom is 0.127 e. The standard InChI is InChI=1S/C5H11NO2/c1-2-4(3-7)5(6)8/h3-5,8H,2,6H2,1H3. The zero-order valence-corrected chi connectivity index (χ0v) is 4.87. The van der Waals surface area contributed by atoms with Crippen LogP contribution in [0, 0.1) is 5.92 Å². The minimum atomic E-state index is -0.988. The molecule has 3 heteroatoms. The number of hydrogen-bond donors (Lipinski definition) is 2.